The van der Waals surface area contributed by atoms with Gasteiger partial charge in [-0.15, -0.1) is 0 Å². The Bertz CT molecular complexity index is 882. The van der Waals surface area contributed by atoms with Gasteiger partial charge in [0.15, 0.2) is 6.10 Å². The molecular weight excluding hydrogens is 717 g/mol. The summed E-state index contributed by atoms with van der Waals surface area (Å²) >= 11 is 0. The van der Waals surface area contributed by atoms with Crippen LogP contribution in [0.5, 0.6) is 0 Å². The lowest BCUT2D eigenvalue weighted by Gasteiger charge is -2.18. The van der Waals surface area contributed by atoms with E-state index in [1.807, 2.05) is 0 Å². The molecule has 0 aliphatic rings. The zero-order valence-corrected chi connectivity index (χ0v) is 39.3. The van der Waals surface area contributed by atoms with Crippen molar-refractivity contribution < 1.29 is 23.8 Å². The van der Waals surface area contributed by atoms with Crippen molar-refractivity contribution >= 4 is 11.9 Å². The van der Waals surface area contributed by atoms with Crippen LogP contribution in [0.25, 0.3) is 0 Å². The van der Waals surface area contributed by atoms with Crippen LogP contribution in [0.2, 0.25) is 0 Å². The third-order valence-corrected chi connectivity index (χ3v) is 11.5. The molecular formula is C53H100O5. The van der Waals surface area contributed by atoms with Gasteiger partial charge in [0, 0.05) is 19.4 Å². The van der Waals surface area contributed by atoms with Crippen LogP contribution in [-0.4, -0.2) is 37.9 Å². The first-order valence-electron chi connectivity index (χ1n) is 25.9. The van der Waals surface area contributed by atoms with E-state index in [0.717, 1.165) is 44.9 Å². The van der Waals surface area contributed by atoms with Gasteiger partial charge < -0.3 is 14.2 Å². The number of carbonyl (C=O) groups excluding carboxylic acids is 2. The summed E-state index contributed by atoms with van der Waals surface area (Å²) in [4.78, 5) is 25.2. The summed E-state index contributed by atoms with van der Waals surface area (Å²) in [5, 5.41) is 0. The summed E-state index contributed by atoms with van der Waals surface area (Å²) in [6, 6.07) is 0. The SMILES string of the molecule is CCCCC/C=C\C/C=C\CCCCCCCCOCC(COC(=O)CCCCCCCCCCCCCCCCCCCCC)OC(=O)CCCCCCCCC. The van der Waals surface area contributed by atoms with E-state index in [-0.39, 0.29) is 25.2 Å². The van der Waals surface area contributed by atoms with Crippen molar-refractivity contribution in [2.24, 2.45) is 0 Å². The highest BCUT2D eigenvalue weighted by Gasteiger charge is 2.17. The zero-order valence-electron chi connectivity index (χ0n) is 39.3. The van der Waals surface area contributed by atoms with E-state index in [1.165, 1.54) is 199 Å². The van der Waals surface area contributed by atoms with Crippen molar-refractivity contribution in [1.82, 2.24) is 0 Å². The second-order valence-electron chi connectivity index (χ2n) is 17.4. The summed E-state index contributed by atoms with van der Waals surface area (Å²) in [6.07, 6.45) is 57.7. The lowest BCUT2D eigenvalue weighted by molar-refractivity contribution is -0.163. The summed E-state index contributed by atoms with van der Waals surface area (Å²) < 4.78 is 17.3. The Kier molecular flexibility index (Phi) is 48.4. The highest BCUT2D eigenvalue weighted by atomic mass is 16.6. The molecule has 5 nitrogen and oxygen atoms in total. The molecule has 0 aliphatic heterocycles. The van der Waals surface area contributed by atoms with Gasteiger partial charge in [0.05, 0.1) is 6.61 Å². The molecule has 1 unspecified atom stereocenters. The lowest BCUT2D eigenvalue weighted by Crippen LogP contribution is -2.30. The molecule has 5 heteroatoms. The Hall–Kier alpha value is -1.62. The van der Waals surface area contributed by atoms with Crippen molar-refractivity contribution in [1.29, 1.82) is 0 Å². The van der Waals surface area contributed by atoms with Crippen LogP contribution in [-0.2, 0) is 23.8 Å². The fourth-order valence-corrected chi connectivity index (χ4v) is 7.60. The molecule has 0 N–H and O–H groups in total. The van der Waals surface area contributed by atoms with Gasteiger partial charge in [-0.1, -0.05) is 238 Å². The molecule has 0 bridgehead atoms. The number of unbranched alkanes of at least 4 members (excludes halogenated alkanes) is 33. The standard InChI is InChI=1S/C53H100O5/c1-4-7-10-13-16-18-20-22-24-26-27-28-29-31-33-35-38-40-43-46-52(54)57-50-51(58-53(55)47-44-41-37-15-12-9-6-3)49-56-48-45-42-39-36-34-32-30-25-23-21-19-17-14-11-8-5-2/h17,19,23,25,51H,4-16,18,20-22,24,26-50H2,1-3H3/b19-17-,25-23-. The molecule has 342 valence electrons. The average molecular weight is 817 g/mol. The number of allylic oxidation sites excluding steroid dienone is 4. The first-order valence-corrected chi connectivity index (χ1v) is 25.9. The first-order chi connectivity index (χ1) is 28.6. The van der Waals surface area contributed by atoms with Crippen molar-refractivity contribution in [2.75, 3.05) is 19.8 Å². The molecule has 0 radical (unpaired) electrons. The predicted octanol–water partition coefficient (Wildman–Crippen LogP) is 17.2. The highest BCUT2D eigenvalue weighted by molar-refractivity contribution is 5.70. The number of hydrogen-bond acceptors (Lipinski definition) is 5. The minimum Gasteiger partial charge on any atom is -0.462 e. The molecule has 0 saturated carbocycles. The predicted molar refractivity (Wildman–Crippen MR) is 252 cm³/mol. The molecule has 0 rings (SSSR count). The van der Waals surface area contributed by atoms with Crippen LogP contribution in [0, 0.1) is 0 Å². The summed E-state index contributed by atoms with van der Waals surface area (Å²) in [7, 11) is 0. The van der Waals surface area contributed by atoms with E-state index >= 15 is 0 Å². The van der Waals surface area contributed by atoms with Gasteiger partial charge in [-0.2, -0.15) is 0 Å². The third-order valence-electron chi connectivity index (χ3n) is 11.5. The van der Waals surface area contributed by atoms with E-state index in [0.29, 0.717) is 19.4 Å². The van der Waals surface area contributed by atoms with Crippen molar-refractivity contribution in [3.63, 3.8) is 0 Å². The second-order valence-corrected chi connectivity index (χ2v) is 17.4. The van der Waals surface area contributed by atoms with Crippen LogP contribution in [0.4, 0.5) is 0 Å². The zero-order chi connectivity index (χ0) is 42.1. The van der Waals surface area contributed by atoms with E-state index in [2.05, 4.69) is 45.1 Å². The Morgan fingerprint density at radius 3 is 1.17 bits per heavy atom. The van der Waals surface area contributed by atoms with E-state index in [9.17, 15) is 9.59 Å². The molecule has 0 aromatic heterocycles. The van der Waals surface area contributed by atoms with Gasteiger partial charge in [0.2, 0.25) is 0 Å². The number of ether oxygens (including phenoxy) is 3. The molecule has 0 fully saturated rings. The van der Waals surface area contributed by atoms with Crippen LogP contribution in [0.1, 0.15) is 278 Å². The largest absolute Gasteiger partial charge is 0.462 e. The minimum atomic E-state index is -0.532. The molecule has 58 heavy (non-hydrogen) atoms. The Morgan fingerprint density at radius 1 is 0.379 bits per heavy atom. The lowest BCUT2D eigenvalue weighted by atomic mass is 10.0. The van der Waals surface area contributed by atoms with E-state index in [1.54, 1.807) is 0 Å². The van der Waals surface area contributed by atoms with Gasteiger partial charge in [-0.25, -0.2) is 0 Å². The van der Waals surface area contributed by atoms with Gasteiger partial charge in [0.25, 0.3) is 0 Å². The van der Waals surface area contributed by atoms with Gasteiger partial charge >= 0.3 is 11.9 Å². The molecule has 0 aliphatic carbocycles. The topological polar surface area (TPSA) is 61.8 Å². The number of hydrogen-bond donors (Lipinski definition) is 0. The highest BCUT2D eigenvalue weighted by Crippen LogP contribution is 2.16. The van der Waals surface area contributed by atoms with Crippen LogP contribution in [0.15, 0.2) is 24.3 Å². The third kappa shape index (κ3) is 47.1. The van der Waals surface area contributed by atoms with E-state index in [4.69, 9.17) is 14.2 Å². The first kappa shape index (κ1) is 56.4. The summed E-state index contributed by atoms with van der Waals surface area (Å²) in [6.45, 7) is 7.79. The fraction of sp³-hybridized carbons (Fsp3) is 0.887. The summed E-state index contributed by atoms with van der Waals surface area (Å²) in [5.74, 6) is -0.393. The Balaban J connectivity index is 4.06. The Labute approximate surface area is 362 Å². The smallest absolute Gasteiger partial charge is 0.306 e. The molecule has 0 aromatic carbocycles. The fourth-order valence-electron chi connectivity index (χ4n) is 7.60. The van der Waals surface area contributed by atoms with Gasteiger partial charge in [-0.3, -0.25) is 9.59 Å². The molecule has 0 aromatic rings. The van der Waals surface area contributed by atoms with Crippen LogP contribution < -0.4 is 0 Å². The van der Waals surface area contributed by atoms with Crippen LogP contribution in [0.3, 0.4) is 0 Å². The van der Waals surface area contributed by atoms with E-state index < -0.39 is 6.10 Å². The normalized spacial score (nSPS) is 12.3. The quantitative estimate of drug-likeness (QED) is 0.0348. The maximum absolute atomic E-state index is 12.7. The molecule has 0 saturated heterocycles. The molecule has 1 atom stereocenters. The maximum Gasteiger partial charge on any atom is 0.306 e. The number of rotatable bonds is 48. The van der Waals surface area contributed by atoms with Crippen molar-refractivity contribution in [3.8, 4) is 0 Å². The molecule has 0 spiro atoms. The van der Waals surface area contributed by atoms with Crippen LogP contribution >= 0.6 is 0 Å². The van der Waals surface area contributed by atoms with Gasteiger partial charge in [0.1, 0.15) is 6.61 Å². The average Bonchev–Trinajstić information content (AvgIpc) is 3.22. The minimum absolute atomic E-state index is 0.0877. The van der Waals surface area contributed by atoms with Crippen molar-refractivity contribution in [2.45, 2.75) is 284 Å². The number of carbonyl (C=O) groups is 2. The number of esters is 2. The van der Waals surface area contributed by atoms with Crippen molar-refractivity contribution in [3.05, 3.63) is 24.3 Å². The molecule has 0 amide bonds. The summed E-state index contributed by atoms with van der Waals surface area (Å²) in [5.41, 5.74) is 0. The molecule has 0 heterocycles. The van der Waals surface area contributed by atoms with Gasteiger partial charge in [-0.05, 0) is 51.4 Å². The Morgan fingerprint density at radius 2 is 0.724 bits per heavy atom. The monoisotopic (exact) mass is 817 g/mol. The maximum atomic E-state index is 12.7. The second kappa shape index (κ2) is 49.7.